The van der Waals surface area contributed by atoms with Gasteiger partial charge in [-0.25, -0.2) is 4.98 Å². The zero-order valence-corrected chi connectivity index (χ0v) is 11.8. The van der Waals surface area contributed by atoms with Crippen molar-refractivity contribution in [2.45, 2.75) is 32.6 Å². The Balaban J connectivity index is 2.32. The average molecular weight is 286 g/mol. The highest BCUT2D eigenvalue weighted by atomic mass is 35.5. The second kappa shape index (κ2) is 8.00. The first kappa shape index (κ1) is 14.9. The molecule has 0 spiro atoms. The Morgan fingerprint density at radius 3 is 2.83 bits per heavy atom. The fourth-order valence-electron chi connectivity index (χ4n) is 1.34. The quantitative estimate of drug-likeness (QED) is 0.496. The maximum atomic E-state index is 11.5. The molecule has 1 amide bonds. The molecule has 1 rings (SSSR count). The summed E-state index contributed by atoms with van der Waals surface area (Å²) in [6, 6.07) is 3.39. The molecule has 6 heteroatoms. The van der Waals surface area contributed by atoms with Crippen molar-refractivity contribution in [3.05, 3.63) is 23.5 Å². The van der Waals surface area contributed by atoms with Crippen molar-refractivity contribution in [2.75, 3.05) is 5.32 Å². The monoisotopic (exact) mass is 285 g/mol. The third kappa shape index (κ3) is 5.93. The Kier molecular flexibility index (Phi) is 6.60. The fourth-order valence-corrected chi connectivity index (χ4v) is 1.68. The normalized spacial score (nSPS) is 9.89. The van der Waals surface area contributed by atoms with Crippen LogP contribution in [-0.2, 0) is 4.79 Å². The molecule has 2 N–H and O–H groups in total. The van der Waals surface area contributed by atoms with Crippen LogP contribution in [-0.4, -0.2) is 16.0 Å². The van der Waals surface area contributed by atoms with E-state index in [1.165, 1.54) is 0 Å². The molecular formula is C12H16ClN3OS. The molecule has 0 saturated heterocycles. The number of hydrogen-bond donors (Lipinski definition) is 2. The van der Waals surface area contributed by atoms with Crippen LogP contribution in [0.4, 0.5) is 5.69 Å². The standard InChI is InChI=1S/C12H16ClN3OS/c1-2-3-4-5-11(17)16-12(18)15-9-6-7-10(13)14-8-9/h6-8H,2-5H2,1H3,(H2,15,16,17,18). The molecule has 1 aromatic heterocycles. The van der Waals surface area contributed by atoms with Crippen molar-refractivity contribution in [1.82, 2.24) is 10.3 Å². The average Bonchev–Trinajstić information content (AvgIpc) is 2.32. The van der Waals surface area contributed by atoms with E-state index in [1.54, 1.807) is 18.3 Å². The summed E-state index contributed by atoms with van der Waals surface area (Å²) in [5, 5.41) is 6.18. The number of carbonyl (C=O) groups excluding carboxylic acids is 1. The van der Waals surface area contributed by atoms with E-state index in [9.17, 15) is 4.79 Å². The SMILES string of the molecule is CCCCCC(=O)NC(=S)Nc1ccc(Cl)nc1. The number of amides is 1. The van der Waals surface area contributed by atoms with Gasteiger partial charge in [-0.2, -0.15) is 0 Å². The number of rotatable bonds is 5. The van der Waals surface area contributed by atoms with Gasteiger partial charge in [0, 0.05) is 6.42 Å². The van der Waals surface area contributed by atoms with Crippen molar-refractivity contribution in [3.8, 4) is 0 Å². The van der Waals surface area contributed by atoms with Crippen LogP contribution in [0.1, 0.15) is 32.6 Å². The number of thiocarbonyl (C=S) groups is 1. The van der Waals surface area contributed by atoms with Crippen molar-refractivity contribution in [3.63, 3.8) is 0 Å². The Morgan fingerprint density at radius 1 is 1.44 bits per heavy atom. The molecule has 0 aromatic carbocycles. The Morgan fingerprint density at radius 2 is 2.22 bits per heavy atom. The Labute approximate surface area is 117 Å². The van der Waals surface area contributed by atoms with Gasteiger partial charge in [0.15, 0.2) is 5.11 Å². The number of anilines is 1. The highest BCUT2D eigenvalue weighted by molar-refractivity contribution is 7.80. The van der Waals surface area contributed by atoms with Crippen molar-refractivity contribution in [2.24, 2.45) is 0 Å². The fraction of sp³-hybridized carbons (Fsp3) is 0.417. The number of hydrogen-bond acceptors (Lipinski definition) is 3. The third-order valence-corrected chi connectivity index (χ3v) is 2.67. The van der Waals surface area contributed by atoms with Gasteiger partial charge in [-0.3, -0.25) is 4.79 Å². The van der Waals surface area contributed by atoms with Gasteiger partial charge in [0.25, 0.3) is 0 Å². The van der Waals surface area contributed by atoms with E-state index in [0.717, 1.165) is 19.3 Å². The summed E-state index contributed by atoms with van der Waals surface area (Å²) in [6.45, 7) is 2.09. The van der Waals surface area contributed by atoms with Gasteiger partial charge in [-0.1, -0.05) is 31.4 Å². The van der Waals surface area contributed by atoms with E-state index in [0.29, 0.717) is 17.3 Å². The summed E-state index contributed by atoms with van der Waals surface area (Å²) in [7, 11) is 0. The number of nitrogens with one attached hydrogen (secondary N) is 2. The highest BCUT2D eigenvalue weighted by Crippen LogP contribution is 2.09. The van der Waals surface area contributed by atoms with Crippen LogP contribution in [0.3, 0.4) is 0 Å². The van der Waals surface area contributed by atoms with Gasteiger partial charge in [0.05, 0.1) is 11.9 Å². The predicted molar refractivity (Wildman–Crippen MR) is 77.8 cm³/mol. The van der Waals surface area contributed by atoms with Gasteiger partial charge in [-0.15, -0.1) is 0 Å². The van der Waals surface area contributed by atoms with E-state index < -0.39 is 0 Å². The molecule has 4 nitrogen and oxygen atoms in total. The van der Waals surface area contributed by atoms with Crippen molar-refractivity contribution >= 4 is 40.5 Å². The molecule has 1 aromatic rings. The third-order valence-electron chi connectivity index (χ3n) is 2.25. The second-order valence-electron chi connectivity index (χ2n) is 3.83. The molecule has 0 fully saturated rings. The number of aromatic nitrogens is 1. The van der Waals surface area contributed by atoms with Gasteiger partial charge >= 0.3 is 0 Å². The van der Waals surface area contributed by atoms with Crippen LogP contribution in [0.15, 0.2) is 18.3 Å². The van der Waals surface area contributed by atoms with Crippen molar-refractivity contribution in [1.29, 1.82) is 0 Å². The number of halogens is 1. The number of nitrogens with zero attached hydrogens (tertiary/aromatic N) is 1. The largest absolute Gasteiger partial charge is 0.331 e. The van der Waals surface area contributed by atoms with E-state index in [1.807, 2.05) is 0 Å². The smallest absolute Gasteiger partial charge is 0.226 e. The molecule has 0 saturated carbocycles. The Bertz CT molecular complexity index is 408. The highest BCUT2D eigenvalue weighted by Gasteiger charge is 2.04. The van der Waals surface area contributed by atoms with E-state index in [-0.39, 0.29) is 11.0 Å². The minimum absolute atomic E-state index is 0.0668. The maximum absolute atomic E-state index is 11.5. The molecule has 98 valence electrons. The van der Waals surface area contributed by atoms with Crippen LogP contribution >= 0.6 is 23.8 Å². The van der Waals surface area contributed by atoms with Crippen LogP contribution in [0.5, 0.6) is 0 Å². The van der Waals surface area contributed by atoms with Crippen LogP contribution in [0.2, 0.25) is 5.15 Å². The minimum Gasteiger partial charge on any atom is -0.331 e. The predicted octanol–water partition coefficient (Wildman–Crippen LogP) is 3.13. The van der Waals surface area contributed by atoms with Gasteiger partial charge in [-0.05, 0) is 30.8 Å². The maximum Gasteiger partial charge on any atom is 0.226 e. The Hall–Kier alpha value is -1.20. The van der Waals surface area contributed by atoms with Gasteiger partial charge in [0.2, 0.25) is 5.91 Å². The second-order valence-corrected chi connectivity index (χ2v) is 4.62. The summed E-state index contributed by atoms with van der Waals surface area (Å²) in [5.74, 6) is -0.0668. The molecule has 0 unspecified atom stereocenters. The van der Waals surface area contributed by atoms with E-state index in [2.05, 4.69) is 22.5 Å². The lowest BCUT2D eigenvalue weighted by atomic mass is 10.2. The van der Waals surface area contributed by atoms with Crippen LogP contribution in [0, 0.1) is 0 Å². The molecule has 0 aliphatic heterocycles. The minimum atomic E-state index is -0.0668. The molecule has 0 bridgehead atoms. The summed E-state index contributed by atoms with van der Waals surface area (Å²) in [6.07, 6.45) is 5.07. The lowest BCUT2D eigenvalue weighted by Gasteiger charge is -2.09. The summed E-state index contributed by atoms with van der Waals surface area (Å²) in [4.78, 5) is 15.4. The van der Waals surface area contributed by atoms with E-state index in [4.69, 9.17) is 23.8 Å². The lowest BCUT2D eigenvalue weighted by molar-refractivity contribution is -0.119. The summed E-state index contributed by atoms with van der Waals surface area (Å²) in [5.41, 5.74) is 0.693. The number of pyridine rings is 1. The first-order chi connectivity index (χ1) is 8.61. The zero-order chi connectivity index (χ0) is 13.4. The molecule has 0 aliphatic rings. The molecule has 0 radical (unpaired) electrons. The molecule has 0 atom stereocenters. The van der Waals surface area contributed by atoms with Crippen molar-refractivity contribution < 1.29 is 4.79 Å². The summed E-state index contributed by atoms with van der Waals surface area (Å²) < 4.78 is 0. The first-order valence-electron chi connectivity index (χ1n) is 5.84. The van der Waals surface area contributed by atoms with E-state index >= 15 is 0 Å². The van der Waals surface area contributed by atoms with Crippen LogP contribution < -0.4 is 10.6 Å². The molecule has 0 aliphatic carbocycles. The topological polar surface area (TPSA) is 54.0 Å². The van der Waals surface area contributed by atoms with Crippen LogP contribution in [0.25, 0.3) is 0 Å². The molecule has 1 heterocycles. The first-order valence-corrected chi connectivity index (χ1v) is 6.63. The molecule has 18 heavy (non-hydrogen) atoms. The van der Waals surface area contributed by atoms with Gasteiger partial charge in [0.1, 0.15) is 5.15 Å². The summed E-state index contributed by atoms with van der Waals surface area (Å²) >= 11 is 10.7. The number of carbonyl (C=O) groups is 1. The number of unbranched alkanes of at least 4 members (excludes halogenated alkanes) is 2. The zero-order valence-electron chi connectivity index (χ0n) is 10.2. The van der Waals surface area contributed by atoms with Gasteiger partial charge < -0.3 is 10.6 Å². The lowest BCUT2D eigenvalue weighted by Crippen LogP contribution is -2.33. The molecular weight excluding hydrogens is 270 g/mol.